The highest BCUT2D eigenvalue weighted by Crippen LogP contribution is 2.09. The minimum atomic E-state index is -0.310. The van der Waals surface area contributed by atoms with Gasteiger partial charge in [-0.15, -0.1) is 0 Å². The van der Waals surface area contributed by atoms with Crippen LogP contribution in [0.25, 0.3) is 5.70 Å². The molecule has 18 heavy (non-hydrogen) atoms. The van der Waals surface area contributed by atoms with Crippen LogP contribution in [0.5, 0.6) is 0 Å². The summed E-state index contributed by atoms with van der Waals surface area (Å²) < 4.78 is 5.00. The Morgan fingerprint density at radius 1 is 1.11 bits per heavy atom. The van der Waals surface area contributed by atoms with Crippen LogP contribution in [0.1, 0.15) is 23.0 Å². The fourth-order valence-corrected chi connectivity index (χ4v) is 1.52. The molecule has 0 saturated heterocycles. The van der Waals surface area contributed by atoms with E-state index in [-0.39, 0.29) is 11.7 Å². The monoisotopic (exact) mass is 242 g/mol. The third-order valence-corrected chi connectivity index (χ3v) is 2.43. The van der Waals surface area contributed by atoms with Crippen LogP contribution in [0.3, 0.4) is 0 Å². The van der Waals surface area contributed by atoms with Gasteiger partial charge in [-0.3, -0.25) is 15.6 Å². The molecule has 1 aromatic heterocycles. The van der Waals surface area contributed by atoms with Crippen LogP contribution >= 0.6 is 0 Å². The van der Waals surface area contributed by atoms with Gasteiger partial charge in [0.15, 0.2) is 5.76 Å². The molecule has 0 spiro atoms. The lowest BCUT2D eigenvalue weighted by Crippen LogP contribution is -2.35. The molecular weight excluding hydrogens is 228 g/mol. The van der Waals surface area contributed by atoms with Gasteiger partial charge in [0.05, 0.1) is 12.0 Å². The minimum absolute atomic E-state index is 0.269. The van der Waals surface area contributed by atoms with Gasteiger partial charge in [0.2, 0.25) is 0 Å². The molecular formula is C14H14N2O2. The molecule has 0 aliphatic rings. The number of benzene rings is 1. The zero-order chi connectivity index (χ0) is 12.8. The number of hydrazine groups is 1. The fraction of sp³-hybridized carbons (Fsp3) is 0.0714. The van der Waals surface area contributed by atoms with E-state index < -0.39 is 0 Å². The normalized spacial score (nSPS) is 11.1. The molecule has 0 fully saturated rings. The van der Waals surface area contributed by atoms with Crippen molar-refractivity contribution in [3.8, 4) is 0 Å². The average molecular weight is 242 g/mol. The second-order valence-corrected chi connectivity index (χ2v) is 3.62. The molecule has 4 nitrogen and oxygen atoms in total. The van der Waals surface area contributed by atoms with E-state index >= 15 is 0 Å². The highest BCUT2D eigenvalue weighted by Gasteiger charge is 2.08. The molecule has 2 rings (SSSR count). The second-order valence-electron chi connectivity index (χ2n) is 3.62. The Bertz CT molecular complexity index is 530. The summed E-state index contributed by atoms with van der Waals surface area (Å²) in [5, 5.41) is 0. The zero-order valence-corrected chi connectivity index (χ0v) is 10.0. The number of furan rings is 1. The number of carbonyl (C=O) groups is 1. The lowest BCUT2D eigenvalue weighted by atomic mass is 10.1. The molecule has 1 amide bonds. The first-order valence-corrected chi connectivity index (χ1v) is 5.63. The first-order chi connectivity index (χ1) is 8.81. The Morgan fingerprint density at radius 3 is 2.50 bits per heavy atom. The molecule has 2 aromatic rings. The molecule has 2 N–H and O–H groups in total. The maximum absolute atomic E-state index is 11.7. The molecule has 0 saturated carbocycles. The van der Waals surface area contributed by atoms with E-state index in [1.54, 1.807) is 12.1 Å². The van der Waals surface area contributed by atoms with Crippen LogP contribution in [0.2, 0.25) is 0 Å². The van der Waals surface area contributed by atoms with Crippen LogP contribution in [0.15, 0.2) is 59.2 Å². The number of allylic oxidation sites excluding steroid dienone is 1. The van der Waals surface area contributed by atoms with Gasteiger partial charge >= 0.3 is 5.91 Å². The van der Waals surface area contributed by atoms with Gasteiger partial charge in [-0.25, -0.2) is 0 Å². The smallest absolute Gasteiger partial charge is 0.305 e. The predicted molar refractivity (Wildman–Crippen MR) is 69.4 cm³/mol. The van der Waals surface area contributed by atoms with Gasteiger partial charge in [0, 0.05) is 0 Å². The van der Waals surface area contributed by atoms with E-state index in [2.05, 4.69) is 10.9 Å². The Balaban J connectivity index is 1.99. The average Bonchev–Trinajstić information content (AvgIpc) is 2.94. The summed E-state index contributed by atoms with van der Waals surface area (Å²) in [5.74, 6) is -0.0405. The predicted octanol–water partition coefficient (Wildman–Crippen LogP) is 2.58. The van der Waals surface area contributed by atoms with E-state index in [1.807, 2.05) is 43.3 Å². The van der Waals surface area contributed by atoms with E-state index in [4.69, 9.17) is 4.42 Å². The van der Waals surface area contributed by atoms with Crippen molar-refractivity contribution >= 4 is 11.6 Å². The van der Waals surface area contributed by atoms with E-state index in [9.17, 15) is 4.79 Å². The van der Waals surface area contributed by atoms with Gasteiger partial charge in [-0.2, -0.15) is 0 Å². The largest absolute Gasteiger partial charge is 0.459 e. The lowest BCUT2D eigenvalue weighted by Gasteiger charge is -2.11. The molecule has 4 heteroatoms. The number of carbonyl (C=O) groups excluding carboxylic acids is 1. The van der Waals surface area contributed by atoms with Crippen molar-refractivity contribution in [2.75, 3.05) is 0 Å². The van der Waals surface area contributed by atoms with Crippen LogP contribution < -0.4 is 10.9 Å². The SMILES string of the molecule is C/C=C(/NNC(=O)c1ccco1)c1ccccc1. The minimum Gasteiger partial charge on any atom is -0.459 e. The highest BCUT2D eigenvalue weighted by molar-refractivity contribution is 5.91. The van der Waals surface area contributed by atoms with Crippen molar-refractivity contribution in [1.82, 2.24) is 10.9 Å². The van der Waals surface area contributed by atoms with Crippen molar-refractivity contribution in [1.29, 1.82) is 0 Å². The van der Waals surface area contributed by atoms with Gasteiger partial charge in [-0.05, 0) is 24.6 Å². The Hall–Kier alpha value is -2.49. The summed E-state index contributed by atoms with van der Waals surface area (Å²) in [6.45, 7) is 1.90. The molecule has 0 aliphatic heterocycles. The first-order valence-electron chi connectivity index (χ1n) is 5.63. The maximum atomic E-state index is 11.7. The Labute approximate surface area is 105 Å². The summed E-state index contributed by atoms with van der Waals surface area (Å²) in [7, 11) is 0. The van der Waals surface area contributed by atoms with Crippen molar-refractivity contribution < 1.29 is 9.21 Å². The number of rotatable bonds is 4. The molecule has 0 radical (unpaired) electrons. The molecule has 92 valence electrons. The summed E-state index contributed by atoms with van der Waals surface area (Å²) in [6.07, 6.45) is 3.35. The Morgan fingerprint density at radius 2 is 1.89 bits per heavy atom. The summed E-state index contributed by atoms with van der Waals surface area (Å²) >= 11 is 0. The maximum Gasteiger partial charge on any atom is 0.305 e. The van der Waals surface area contributed by atoms with Gasteiger partial charge in [0.1, 0.15) is 0 Å². The van der Waals surface area contributed by atoms with E-state index in [0.717, 1.165) is 11.3 Å². The summed E-state index contributed by atoms with van der Waals surface area (Å²) in [5.41, 5.74) is 7.29. The lowest BCUT2D eigenvalue weighted by molar-refractivity contribution is 0.0914. The van der Waals surface area contributed by atoms with Crippen LogP contribution in [-0.4, -0.2) is 5.91 Å². The highest BCUT2D eigenvalue weighted by atomic mass is 16.3. The van der Waals surface area contributed by atoms with E-state index in [1.165, 1.54) is 6.26 Å². The van der Waals surface area contributed by atoms with Crippen LogP contribution in [-0.2, 0) is 0 Å². The molecule has 0 unspecified atom stereocenters. The number of hydrogen-bond acceptors (Lipinski definition) is 3. The number of amides is 1. The third kappa shape index (κ3) is 2.79. The van der Waals surface area contributed by atoms with Crippen molar-refractivity contribution in [3.05, 3.63) is 66.1 Å². The quantitative estimate of drug-likeness (QED) is 0.810. The molecule has 0 atom stereocenters. The van der Waals surface area contributed by atoms with Crippen molar-refractivity contribution in [3.63, 3.8) is 0 Å². The molecule has 0 aliphatic carbocycles. The van der Waals surface area contributed by atoms with Crippen molar-refractivity contribution in [2.45, 2.75) is 6.92 Å². The van der Waals surface area contributed by atoms with Gasteiger partial charge < -0.3 is 4.42 Å². The fourth-order valence-electron chi connectivity index (χ4n) is 1.52. The molecule has 0 bridgehead atoms. The third-order valence-electron chi connectivity index (χ3n) is 2.43. The zero-order valence-electron chi connectivity index (χ0n) is 10.0. The van der Waals surface area contributed by atoms with Crippen molar-refractivity contribution in [2.24, 2.45) is 0 Å². The van der Waals surface area contributed by atoms with Crippen LogP contribution in [0, 0.1) is 0 Å². The second kappa shape index (κ2) is 5.72. The summed E-state index contributed by atoms with van der Waals surface area (Å²) in [4.78, 5) is 11.7. The number of hydrogen-bond donors (Lipinski definition) is 2. The first kappa shape index (κ1) is 12.0. The summed E-state index contributed by atoms with van der Waals surface area (Å²) in [6, 6.07) is 13.0. The molecule has 1 aromatic carbocycles. The van der Waals surface area contributed by atoms with Gasteiger partial charge in [-0.1, -0.05) is 36.4 Å². The Kier molecular flexibility index (Phi) is 3.81. The standard InChI is InChI=1S/C14H14N2O2/c1-2-12(11-7-4-3-5-8-11)15-16-14(17)13-9-6-10-18-13/h2-10,15H,1H3,(H,16,17)/b12-2+. The molecule has 1 heterocycles. The van der Waals surface area contributed by atoms with E-state index in [0.29, 0.717) is 0 Å². The number of nitrogens with one attached hydrogen (secondary N) is 2. The van der Waals surface area contributed by atoms with Crippen LogP contribution in [0.4, 0.5) is 0 Å². The topological polar surface area (TPSA) is 54.3 Å². The van der Waals surface area contributed by atoms with Gasteiger partial charge in [0.25, 0.3) is 0 Å².